The summed E-state index contributed by atoms with van der Waals surface area (Å²) in [6.07, 6.45) is 0. The SMILES string of the molecule is O=C(CSc1ccc(F)cc1F)N1c2ccccc2OCC1c1ccccc1. The fourth-order valence-corrected chi connectivity index (χ4v) is 4.00. The monoisotopic (exact) mass is 397 g/mol. The van der Waals surface area contributed by atoms with Gasteiger partial charge in [0.25, 0.3) is 0 Å². The van der Waals surface area contributed by atoms with Crippen LogP contribution in [-0.4, -0.2) is 18.3 Å². The van der Waals surface area contributed by atoms with Gasteiger partial charge >= 0.3 is 0 Å². The molecule has 0 radical (unpaired) electrons. The molecule has 6 heteroatoms. The van der Waals surface area contributed by atoms with Gasteiger partial charge in [0.05, 0.1) is 17.5 Å². The van der Waals surface area contributed by atoms with Gasteiger partial charge in [-0.2, -0.15) is 0 Å². The second kappa shape index (κ2) is 8.02. The van der Waals surface area contributed by atoms with Gasteiger partial charge in [0.2, 0.25) is 5.91 Å². The van der Waals surface area contributed by atoms with Crippen LogP contribution in [0.1, 0.15) is 11.6 Å². The van der Waals surface area contributed by atoms with Gasteiger partial charge in [-0.15, -0.1) is 11.8 Å². The second-order valence-electron chi connectivity index (χ2n) is 6.33. The molecule has 1 atom stereocenters. The molecule has 0 aliphatic carbocycles. The average Bonchev–Trinajstić information content (AvgIpc) is 2.72. The Morgan fingerprint density at radius 3 is 2.57 bits per heavy atom. The van der Waals surface area contributed by atoms with Gasteiger partial charge in [0.1, 0.15) is 24.0 Å². The van der Waals surface area contributed by atoms with Crippen molar-refractivity contribution in [3.63, 3.8) is 0 Å². The van der Waals surface area contributed by atoms with Crippen LogP contribution < -0.4 is 9.64 Å². The van der Waals surface area contributed by atoms with E-state index >= 15 is 0 Å². The Morgan fingerprint density at radius 2 is 1.79 bits per heavy atom. The number of fused-ring (bicyclic) bond motifs is 1. The molecule has 1 heterocycles. The predicted octanol–water partition coefficient (Wildman–Crippen LogP) is 5.22. The molecule has 3 aromatic rings. The lowest BCUT2D eigenvalue weighted by Gasteiger charge is -2.37. The standard InChI is InChI=1S/C22H17F2NO2S/c23-16-10-11-21(17(24)12-16)28-14-22(26)25-18-8-4-5-9-20(18)27-13-19(25)15-6-2-1-3-7-15/h1-12,19H,13-14H2. The Hall–Kier alpha value is -2.86. The van der Waals surface area contributed by atoms with E-state index in [4.69, 9.17) is 4.74 Å². The van der Waals surface area contributed by atoms with Gasteiger partial charge in [-0.1, -0.05) is 42.5 Å². The van der Waals surface area contributed by atoms with E-state index in [-0.39, 0.29) is 22.6 Å². The van der Waals surface area contributed by atoms with Crippen molar-refractivity contribution in [3.8, 4) is 5.75 Å². The van der Waals surface area contributed by atoms with Gasteiger partial charge in [0.15, 0.2) is 0 Å². The van der Waals surface area contributed by atoms with Gasteiger partial charge in [-0.3, -0.25) is 9.69 Å². The number of carbonyl (C=O) groups excluding carboxylic acids is 1. The molecule has 0 spiro atoms. The lowest BCUT2D eigenvalue weighted by atomic mass is 10.0. The summed E-state index contributed by atoms with van der Waals surface area (Å²) < 4.78 is 32.9. The molecular formula is C22H17F2NO2S. The fourth-order valence-electron chi connectivity index (χ4n) is 3.22. The highest BCUT2D eigenvalue weighted by Crippen LogP contribution is 2.40. The van der Waals surface area contributed by atoms with Crippen LogP contribution in [0, 0.1) is 11.6 Å². The summed E-state index contributed by atoms with van der Waals surface area (Å²) >= 11 is 1.06. The normalized spacial score (nSPS) is 15.6. The first kappa shape index (κ1) is 18.5. The number of thioether (sulfide) groups is 1. The Kier molecular flexibility index (Phi) is 5.30. The maximum atomic E-state index is 13.9. The van der Waals surface area contributed by atoms with Crippen LogP contribution in [0.15, 0.2) is 77.7 Å². The minimum atomic E-state index is -0.667. The van der Waals surface area contributed by atoms with Gasteiger partial charge in [0, 0.05) is 11.0 Å². The van der Waals surface area contributed by atoms with Crippen LogP contribution in [0.25, 0.3) is 0 Å². The average molecular weight is 397 g/mol. The van der Waals surface area contributed by atoms with E-state index in [0.29, 0.717) is 18.0 Å². The summed E-state index contributed by atoms with van der Waals surface area (Å²) in [5.74, 6) is -0.807. The van der Waals surface area contributed by atoms with Crippen molar-refractivity contribution in [2.24, 2.45) is 0 Å². The van der Waals surface area contributed by atoms with Crippen LogP contribution in [0.3, 0.4) is 0 Å². The molecule has 0 saturated carbocycles. The van der Waals surface area contributed by atoms with Crippen LogP contribution in [0.5, 0.6) is 5.75 Å². The third-order valence-corrected chi connectivity index (χ3v) is 5.56. The van der Waals surface area contributed by atoms with E-state index in [0.717, 1.165) is 23.4 Å². The van der Waals surface area contributed by atoms with Crippen LogP contribution in [0.4, 0.5) is 14.5 Å². The number of hydrogen-bond acceptors (Lipinski definition) is 3. The Bertz CT molecular complexity index is 997. The van der Waals surface area contributed by atoms with Crippen LogP contribution in [-0.2, 0) is 4.79 Å². The number of benzene rings is 3. The van der Waals surface area contributed by atoms with Crippen molar-refractivity contribution in [1.29, 1.82) is 0 Å². The molecule has 1 unspecified atom stereocenters. The van der Waals surface area contributed by atoms with Crippen molar-refractivity contribution >= 4 is 23.4 Å². The molecule has 3 nitrogen and oxygen atoms in total. The molecule has 0 fully saturated rings. The van der Waals surface area contributed by atoms with Crippen molar-refractivity contribution < 1.29 is 18.3 Å². The van der Waals surface area contributed by atoms with E-state index in [2.05, 4.69) is 0 Å². The van der Waals surface area contributed by atoms with E-state index in [1.54, 1.807) is 4.90 Å². The molecule has 1 aliphatic heterocycles. The summed E-state index contributed by atoms with van der Waals surface area (Å²) in [5, 5.41) is 0. The number of para-hydroxylation sites is 2. The van der Waals surface area contributed by atoms with Crippen molar-refractivity contribution in [3.05, 3.63) is 90.0 Å². The quantitative estimate of drug-likeness (QED) is 0.565. The number of amides is 1. The number of carbonyl (C=O) groups is 1. The Morgan fingerprint density at radius 1 is 1.04 bits per heavy atom. The van der Waals surface area contributed by atoms with E-state index < -0.39 is 11.6 Å². The fraction of sp³-hybridized carbons (Fsp3) is 0.136. The molecule has 142 valence electrons. The first-order chi connectivity index (χ1) is 13.6. The maximum Gasteiger partial charge on any atom is 0.238 e. The lowest BCUT2D eigenvalue weighted by molar-refractivity contribution is -0.117. The van der Waals surface area contributed by atoms with Crippen molar-refractivity contribution in [2.45, 2.75) is 10.9 Å². The minimum Gasteiger partial charge on any atom is -0.489 e. The zero-order valence-corrected chi connectivity index (χ0v) is 15.7. The Balaban J connectivity index is 1.62. The molecule has 0 aromatic heterocycles. The summed E-state index contributed by atoms with van der Waals surface area (Å²) in [4.78, 5) is 15.1. The molecule has 28 heavy (non-hydrogen) atoms. The van der Waals surface area contributed by atoms with Crippen molar-refractivity contribution in [1.82, 2.24) is 0 Å². The smallest absolute Gasteiger partial charge is 0.238 e. The van der Waals surface area contributed by atoms with E-state index in [1.807, 2.05) is 54.6 Å². The number of ether oxygens (including phenoxy) is 1. The predicted molar refractivity (Wildman–Crippen MR) is 106 cm³/mol. The van der Waals surface area contributed by atoms with Gasteiger partial charge in [-0.25, -0.2) is 8.78 Å². The first-order valence-electron chi connectivity index (χ1n) is 8.80. The molecule has 0 bridgehead atoms. The zero-order chi connectivity index (χ0) is 19.5. The summed E-state index contributed by atoms with van der Waals surface area (Å²) in [6.45, 7) is 0.336. The molecule has 0 N–H and O–H groups in total. The molecular weight excluding hydrogens is 380 g/mol. The van der Waals surface area contributed by atoms with E-state index in [9.17, 15) is 13.6 Å². The molecule has 1 amide bonds. The van der Waals surface area contributed by atoms with Crippen LogP contribution >= 0.6 is 11.8 Å². The third kappa shape index (κ3) is 3.73. The topological polar surface area (TPSA) is 29.5 Å². The van der Waals surface area contributed by atoms with Gasteiger partial charge in [-0.05, 0) is 29.8 Å². The number of nitrogens with zero attached hydrogens (tertiary/aromatic N) is 1. The number of hydrogen-bond donors (Lipinski definition) is 0. The highest BCUT2D eigenvalue weighted by atomic mass is 32.2. The molecule has 1 aliphatic rings. The highest BCUT2D eigenvalue weighted by Gasteiger charge is 2.33. The van der Waals surface area contributed by atoms with E-state index in [1.165, 1.54) is 12.1 Å². The zero-order valence-electron chi connectivity index (χ0n) is 14.8. The largest absolute Gasteiger partial charge is 0.489 e. The number of anilines is 1. The minimum absolute atomic E-state index is 0.0280. The second-order valence-corrected chi connectivity index (χ2v) is 7.35. The third-order valence-electron chi connectivity index (χ3n) is 4.53. The van der Waals surface area contributed by atoms with Crippen LogP contribution in [0.2, 0.25) is 0 Å². The number of halogens is 2. The maximum absolute atomic E-state index is 13.9. The van der Waals surface area contributed by atoms with Crippen molar-refractivity contribution in [2.75, 3.05) is 17.3 Å². The molecule has 3 aromatic carbocycles. The summed E-state index contributed by atoms with van der Waals surface area (Å²) in [6, 6.07) is 20.1. The Labute approximate surface area is 165 Å². The first-order valence-corrected chi connectivity index (χ1v) is 9.79. The number of rotatable bonds is 4. The summed E-state index contributed by atoms with van der Waals surface area (Å²) in [7, 11) is 0. The van der Waals surface area contributed by atoms with Gasteiger partial charge < -0.3 is 4.74 Å². The molecule has 4 rings (SSSR count). The molecule has 0 saturated heterocycles. The summed E-state index contributed by atoms with van der Waals surface area (Å²) in [5.41, 5.74) is 1.65. The lowest BCUT2D eigenvalue weighted by Crippen LogP contribution is -2.42. The highest BCUT2D eigenvalue weighted by molar-refractivity contribution is 8.00.